The van der Waals surface area contributed by atoms with Crippen molar-refractivity contribution in [2.45, 2.75) is 51.4 Å². The third-order valence-corrected chi connectivity index (χ3v) is 8.67. The van der Waals surface area contributed by atoms with Crippen LogP contribution in [0.1, 0.15) is 39.0 Å². The van der Waals surface area contributed by atoms with Gasteiger partial charge in [0.25, 0.3) is 0 Å². The van der Waals surface area contributed by atoms with E-state index in [-0.39, 0.29) is 52.7 Å². The van der Waals surface area contributed by atoms with Gasteiger partial charge in [0, 0.05) is 11.3 Å². The van der Waals surface area contributed by atoms with E-state index in [0.29, 0.717) is 25.2 Å². The number of hydrogen-bond donors (Lipinski definition) is 0. The van der Waals surface area contributed by atoms with Crippen molar-refractivity contribution < 1.29 is 23.8 Å². The Kier molecular flexibility index (Phi) is 2.51. The third kappa shape index (κ3) is 1.37. The molecule has 2 bridgehead atoms. The molecule has 6 rings (SSSR count). The second-order valence-corrected chi connectivity index (χ2v) is 9.52. The summed E-state index contributed by atoms with van der Waals surface area (Å²) in [6.45, 7) is 7.56. The van der Waals surface area contributed by atoms with Crippen molar-refractivity contribution in [1.29, 1.82) is 0 Å². The van der Waals surface area contributed by atoms with Crippen LogP contribution in [0.4, 0.5) is 0 Å². The number of allylic oxidation sites excluding steroid dienone is 1. The molecule has 6 fully saturated rings. The second-order valence-electron chi connectivity index (χ2n) is 9.52. The molecule has 134 valence electrons. The van der Waals surface area contributed by atoms with Crippen molar-refractivity contribution in [3.8, 4) is 0 Å². The van der Waals surface area contributed by atoms with E-state index < -0.39 is 5.41 Å². The van der Waals surface area contributed by atoms with E-state index in [1.54, 1.807) is 0 Å². The van der Waals surface area contributed by atoms with E-state index in [4.69, 9.17) is 14.2 Å². The summed E-state index contributed by atoms with van der Waals surface area (Å²) in [6.07, 6.45) is 3.93. The van der Waals surface area contributed by atoms with Crippen molar-refractivity contribution in [2.75, 3.05) is 13.2 Å². The third-order valence-electron chi connectivity index (χ3n) is 8.67. The molecule has 0 N–H and O–H groups in total. The van der Waals surface area contributed by atoms with Crippen LogP contribution in [0.5, 0.6) is 0 Å². The van der Waals surface area contributed by atoms with Crippen molar-refractivity contribution in [1.82, 2.24) is 0 Å². The van der Waals surface area contributed by atoms with Crippen molar-refractivity contribution in [3.63, 3.8) is 0 Å². The van der Waals surface area contributed by atoms with Crippen LogP contribution >= 0.6 is 0 Å². The van der Waals surface area contributed by atoms with Gasteiger partial charge in [0.1, 0.15) is 11.5 Å². The Bertz CT molecular complexity index is 730. The van der Waals surface area contributed by atoms with Gasteiger partial charge in [-0.2, -0.15) is 0 Å². The lowest BCUT2D eigenvalue weighted by Crippen LogP contribution is -2.67. The second kappa shape index (κ2) is 4.20. The normalized spacial score (nSPS) is 58.6. The first-order valence-corrected chi connectivity index (χ1v) is 9.61. The summed E-state index contributed by atoms with van der Waals surface area (Å²) in [5.41, 5.74) is -0.577. The first-order valence-electron chi connectivity index (χ1n) is 9.61. The molecule has 0 unspecified atom stereocenters. The number of hydrogen-bond acceptors (Lipinski definition) is 5. The average molecular weight is 344 g/mol. The number of esters is 1. The summed E-state index contributed by atoms with van der Waals surface area (Å²) in [5.74, 6) is 0.0367. The molecule has 3 saturated heterocycles. The quantitative estimate of drug-likeness (QED) is 0.383. The van der Waals surface area contributed by atoms with Crippen LogP contribution in [0.25, 0.3) is 0 Å². The monoisotopic (exact) mass is 344 g/mol. The zero-order chi connectivity index (χ0) is 17.2. The lowest BCUT2D eigenvalue weighted by molar-refractivity contribution is -0.230. The molecule has 2 spiro atoms. The molecule has 8 atom stereocenters. The minimum Gasteiger partial charge on any atom is -0.461 e. The van der Waals surface area contributed by atoms with Crippen LogP contribution in [0.3, 0.4) is 0 Å². The Morgan fingerprint density at radius 2 is 1.92 bits per heavy atom. The fraction of sp³-hybridized carbons (Fsp3) is 0.800. The highest BCUT2D eigenvalue weighted by molar-refractivity contribution is 6.15. The minimum atomic E-state index is -1.00. The zero-order valence-electron chi connectivity index (χ0n) is 14.6. The maximum Gasteiger partial charge on any atom is 0.320 e. The molecule has 0 radical (unpaired) electrons. The highest BCUT2D eigenvalue weighted by atomic mass is 16.7. The fourth-order valence-electron chi connectivity index (χ4n) is 7.66. The number of ketones is 1. The molecule has 25 heavy (non-hydrogen) atoms. The van der Waals surface area contributed by atoms with Crippen LogP contribution in [-0.2, 0) is 23.8 Å². The maximum absolute atomic E-state index is 13.2. The molecular weight excluding hydrogens is 320 g/mol. The Labute approximate surface area is 147 Å². The van der Waals surface area contributed by atoms with E-state index in [1.165, 1.54) is 0 Å². The van der Waals surface area contributed by atoms with Gasteiger partial charge in [-0.3, -0.25) is 9.59 Å². The highest BCUT2D eigenvalue weighted by Crippen LogP contribution is 2.72. The van der Waals surface area contributed by atoms with Gasteiger partial charge < -0.3 is 14.2 Å². The van der Waals surface area contributed by atoms with Gasteiger partial charge in [-0.25, -0.2) is 0 Å². The molecule has 3 heterocycles. The van der Waals surface area contributed by atoms with E-state index in [0.717, 1.165) is 25.7 Å². The first-order chi connectivity index (χ1) is 11.9. The number of carbonyl (C=O) groups is 2. The van der Waals surface area contributed by atoms with Gasteiger partial charge in [0.2, 0.25) is 0 Å². The minimum absolute atomic E-state index is 0.00516. The lowest BCUT2D eigenvalue weighted by Gasteiger charge is -2.60. The Morgan fingerprint density at radius 1 is 1.12 bits per heavy atom. The van der Waals surface area contributed by atoms with Crippen LogP contribution < -0.4 is 0 Å². The SMILES string of the molecule is C=C1C(=O)[C@]23C[C@H]1CC[C@H]2[C@]12CO[C@@H]4OC[C@](C)(CC[C@@H]1OC3=O)[C@@H]42. The van der Waals surface area contributed by atoms with Gasteiger partial charge in [0.15, 0.2) is 12.1 Å². The number of ether oxygens (including phenoxy) is 3. The summed E-state index contributed by atoms with van der Waals surface area (Å²) in [6, 6.07) is 0. The molecule has 3 saturated carbocycles. The largest absolute Gasteiger partial charge is 0.461 e. The first kappa shape index (κ1) is 14.9. The summed E-state index contributed by atoms with van der Waals surface area (Å²) >= 11 is 0. The molecule has 0 aromatic rings. The van der Waals surface area contributed by atoms with Crippen molar-refractivity contribution >= 4 is 11.8 Å². The molecule has 3 aliphatic heterocycles. The molecule has 0 aromatic heterocycles. The average Bonchev–Trinajstić information content (AvgIpc) is 3.22. The number of Topliss-reactive ketones (excluding diaryl/α,β-unsaturated/α-hetero) is 1. The smallest absolute Gasteiger partial charge is 0.320 e. The Hall–Kier alpha value is -1.20. The van der Waals surface area contributed by atoms with E-state index in [9.17, 15) is 9.59 Å². The van der Waals surface area contributed by atoms with Crippen LogP contribution in [0.15, 0.2) is 12.2 Å². The van der Waals surface area contributed by atoms with Gasteiger partial charge in [-0.05, 0) is 54.9 Å². The van der Waals surface area contributed by atoms with Gasteiger partial charge in [0.05, 0.1) is 13.2 Å². The Morgan fingerprint density at radius 3 is 2.76 bits per heavy atom. The molecule has 6 aliphatic rings. The molecule has 5 nitrogen and oxygen atoms in total. The zero-order valence-corrected chi connectivity index (χ0v) is 14.6. The van der Waals surface area contributed by atoms with Gasteiger partial charge in [-0.15, -0.1) is 0 Å². The predicted molar refractivity (Wildman–Crippen MR) is 86.2 cm³/mol. The lowest BCUT2D eigenvalue weighted by atomic mass is 9.44. The molecule has 0 aromatic carbocycles. The summed E-state index contributed by atoms with van der Waals surface area (Å²) < 4.78 is 18.2. The number of carbonyl (C=O) groups excluding carboxylic acids is 2. The standard InChI is InChI=1S/C20H24O5/c1-10-11-3-4-12-19(7-11,15(10)21)17(22)25-13-5-6-18(2)8-23-16-14(18)20(12,13)9-24-16/h11-14,16H,1,3-9H2,2H3/t11-,12-,13+,14-,16+,18+,19+,20-/m1/s1. The summed E-state index contributed by atoms with van der Waals surface area (Å²) in [4.78, 5) is 26.3. The van der Waals surface area contributed by atoms with E-state index in [1.807, 2.05) is 0 Å². The maximum atomic E-state index is 13.2. The summed E-state index contributed by atoms with van der Waals surface area (Å²) in [7, 11) is 0. The van der Waals surface area contributed by atoms with Crippen LogP contribution in [0.2, 0.25) is 0 Å². The predicted octanol–water partition coefficient (Wildman–Crippen LogP) is 2.24. The van der Waals surface area contributed by atoms with E-state index in [2.05, 4.69) is 13.5 Å². The summed E-state index contributed by atoms with van der Waals surface area (Å²) in [5, 5.41) is 0. The molecule has 0 amide bonds. The highest BCUT2D eigenvalue weighted by Gasteiger charge is 2.79. The van der Waals surface area contributed by atoms with Crippen molar-refractivity contribution in [3.05, 3.63) is 12.2 Å². The van der Waals surface area contributed by atoms with Gasteiger partial charge in [-0.1, -0.05) is 13.5 Å². The Balaban J connectivity index is 1.57. The topological polar surface area (TPSA) is 61.8 Å². The molecule has 3 aliphatic carbocycles. The molecular formula is C20H24O5. The van der Waals surface area contributed by atoms with Crippen LogP contribution in [0, 0.1) is 34.0 Å². The van der Waals surface area contributed by atoms with Gasteiger partial charge >= 0.3 is 5.97 Å². The van der Waals surface area contributed by atoms with E-state index >= 15 is 0 Å². The fourth-order valence-corrected chi connectivity index (χ4v) is 7.66. The van der Waals surface area contributed by atoms with Crippen molar-refractivity contribution in [2.24, 2.45) is 34.0 Å². The molecule has 5 heteroatoms. The van der Waals surface area contributed by atoms with Crippen LogP contribution in [-0.4, -0.2) is 37.4 Å². The number of rotatable bonds is 0. The number of fused-ring (bicyclic) bond motifs is 1.